The van der Waals surface area contributed by atoms with E-state index in [0.29, 0.717) is 16.3 Å². The molecule has 0 radical (unpaired) electrons. The van der Waals surface area contributed by atoms with E-state index < -0.39 is 12.6 Å². The van der Waals surface area contributed by atoms with Gasteiger partial charge in [-0.25, -0.2) is 0 Å². The normalized spacial score (nSPS) is 12.5. The van der Waals surface area contributed by atoms with E-state index >= 15 is 0 Å². The topological polar surface area (TPSA) is 46.5 Å². The number of carbonyl (C=O) groups is 1. The summed E-state index contributed by atoms with van der Waals surface area (Å²) in [5.41, 5.74) is 0.523. The highest BCUT2D eigenvalue weighted by Gasteiger charge is 2.13. The van der Waals surface area contributed by atoms with Crippen molar-refractivity contribution in [3.63, 3.8) is 0 Å². The summed E-state index contributed by atoms with van der Waals surface area (Å²) >= 11 is 7.15. The van der Waals surface area contributed by atoms with Crippen molar-refractivity contribution in [1.82, 2.24) is 0 Å². The molecule has 0 fully saturated rings. The fourth-order valence-corrected chi connectivity index (χ4v) is 2.55. The van der Waals surface area contributed by atoms with E-state index in [1.165, 1.54) is 23.9 Å². The monoisotopic (exact) mass is 310 g/mol. The van der Waals surface area contributed by atoms with Gasteiger partial charge in [-0.3, -0.25) is 4.79 Å². The number of rotatable bonds is 7. The summed E-state index contributed by atoms with van der Waals surface area (Å²) in [6, 6.07) is 4.39. The lowest BCUT2D eigenvalue weighted by molar-refractivity contribution is -0.136. The number of carboxylic acid groups (broad SMARTS) is 1. The highest BCUT2D eigenvalue weighted by atomic mass is 35.5. The second-order valence-electron chi connectivity index (χ2n) is 3.85. The summed E-state index contributed by atoms with van der Waals surface area (Å²) in [7, 11) is 0. The van der Waals surface area contributed by atoms with E-state index in [4.69, 9.17) is 16.7 Å². The lowest BCUT2D eigenvalue weighted by Gasteiger charge is -2.13. The molecule has 0 saturated carbocycles. The first-order chi connectivity index (χ1) is 8.88. The van der Waals surface area contributed by atoms with Crippen LogP contribution in [0.1, 0.15) is 18.9 Å². The average Bonchev–Trinajstić information content (AvgIpc) is 2.28. The van der Waals surface area contributed by atoms with Crippen LogP contribution in [0, 0.1) is 0 Å². The van der Waals surface area contributed by atoms with Crippen molar-refractivity contribution in [2.75, 3.05) is 0 Å². The molecule has 1 aromatic rings. The molecule has 1 rings (SSSR count). The second kappa shape index (κ2) is 7.55. The molecule has 0 spiro atoms. The summed E-state index contributed by atoms with van der Waals surface area (Å²) in [4.78, 5) is 10.5. The van der Waals surface area contributed by atoms with E-state index in [-0.39, 0.29) is 17.4 Å². The summed E-state index contributed by atoms with van der Waals surface area (Å²) in [5, 5.41) is 8.93. The molecular formula is C12H13ClF2O3S. The van der Waals surface area contributed by atoms with Crippen molar-refractivity contribution < 1.29 is 23.4 Å². The van der Waals surface area contributed by atoms with Crippen LogP contribution in [0.5, 0.6) is 5.75 Å². The molecule has 1 N–H and O–H groups in total. The fraction of sp³-hybridized carbons (Fsp3) is 0.417. The van der Waals surface area contributed by atoms with Crippen molar-refractivity contribution in [3.8, 4) is 5.75 Å². The van der Waals surface area contributed by atoms with Gasteiger partial charge in [0.15, 0.2) is 0 Å². The fourth-order valence-electron chi connectivity index (χ4n) is 1.41. The van der Waals surface area contributed by atoms with Crippen molar-refractivity contribution in [2.45, 2.75) is 31.0 Å². The number of ether oxygens (including phenoxy) is 1. The Balaban J connectivity index is 2.70. The zero-order chi connectivity index (χ0) is 14.4. The van der Waals surface area contributed by atoms with Crippen LogP contribution in [-0.2, 0) is 10.5 Å². The number of halogens is 3. The molecule has 1 unspecified atom stereocenters. The Labute approximate surface area is 118 Å². The van der Waals surface area contributed by atoms with Gasteiger partial charge in [-0.2, -0.15) is 20.5 Å². The molecule has 0 aliphatic carbocycles. The van der Waals surface area contributed by atoms with Crippen LogP contribution in [0.3, 0.4) is 0 Å². The number of benzene rings is 1. The van der Waals surface area contributed by atoms with Crippen LogP contribution in [0.4, 0.5) is 8.78 Å². The minimum absolute atomic E-state index is 0.0102. The molecular weight excluding hydrogens is 298 g/mol. The number of carboxylic acids is 1. The zero-order valence-corrected chi connectivity index (χ0v) is 11.7. The van der Waals surface area contributed by atoms with Crippen LogP contribution in [-0.4, -0.2) is 22.9 Å². The second-order valence-corrected chi connectivity index (χ2v) is 5.71. The molecule has 0 bridgehead atoms. The SMILES string of the molecule is CC(CC(=O)O)SCc1cc(Cl)ccc1OC(F)F. The molecule has 1 atom stereocenters. The van der Waals surface area contributed by atoms with E-state index in [1.807, 2.05) is 0 Å². The van der Waals surface area contributed by atoms with E-state index in [0.717, 1.165) is 0 Å². The third-order valence-corrected chi connectivity index (χ3v) is 3.67. The summed E-state index contributed by atoms with van der Waals surface area (Å²) in [6.07, 6.45) is 0.0102. The first-order valence-corrected chi connectivity index (χ1v) is 6.87. The van der Waals surface area contributed by atoms with Gasteiger partial charge in [-0.05, 0) is 18.2 Å². The standard InChI is InChI=1S/C12H13ClF2O3S/c1-7(4-11(16)17)19-6-8-5-9(13)2-3-10(8)18-12(14)15/h2-3,5,7,12H,4,6H2,1H3,(H,16,17). The number of alkyl halides is 2. The number of hydrogen-bond acceptors (Lipinski definition) is 3. The van der Waals surface area contributed by atoms with Crippen LogP contribution in [0.2, 0.25) is 5.02 Å². The quantitative estimate of drug-likeness (QED) is 0.825. The van der Waals surface area contributed by atoms with Crippen molar-refractivity contribution >= 4 is 29.3 Å². The van der Waals surface area contributed by atoms with Crippen LogP contribution < -0.4 is 4.74 Å². The summed E-state index contributed by atoms with van der Waals surface area (Å²) in [5.74, 6) is -0.471. The average molecular weight is 311 g/mol. The molecule has 0 heterocycles. The van der Waals surface area contributed by atoms with Gasteiger partial charge >= 0.3 is 12.6 Å². The molecule has 1 aromatic carbocycles. The maximum atomic E-state index is 12.2. The van der Waals surface area contributed by atoms with Gasteiger partial charge in [0, 0.05) is 21.6 Å². The highest BCUT2D eigenvalue weighted by molar-refractivity contribution is 7.99. The lowest BCUT2D eigenvalue weighted by Crippen LogP contribution is -2.07. The Morgan fingerprint density at radius 2 is 2.21 bits per heavy atom. The molecule has 106 valence electrons. The van der Waals surface area contributed by atoms with Crippen LogP contribution >= 0.6 is 23.4 Å². The molecule has 0 saturated heterocycles. The van der Waals surface area contributed by atoms with Gasteiger partial charge in [0.2, 0.25) is 0 Å². The van der Waals surface area contributed by atoms with Gasteiger partial charge in [0.25, 0.3) is 0 Å². The van der Waals surface area contributed by atoms with Crippen molar-refractivity contribution in [3.05, 3.63) is 28.8 Å². The van der Waals surface area contributed by atoms with Gasteiger partial charge in [0.05, 0.1) is 6.42 Å². The van der Waals surface area contributed by atoms with E-state index in [1.54, 1.807) is 13.0 Å². The minimum Gasteiger partial charge on any atom is -0.481 e. The number of hydrogen-bond donors (Lipinski definition) is 1. The molecule has 3 nitrogen and oxygen atoms in total. The number of thioether (sulfide) groups is 1. The maximum absolute atomic E-state index is 12.2. The highest BCUT2D eigenvalue weighted by Crippen LogP contribution is 2.30. The van der Waals surface area contributed by atoms with Gasteiger partial charge in [0.1, 0.15) is 5.75 Å². The Kier molecular flexibility index (Phi) is 6.37. The van der Waals surface area contributed by atoms with E-state index in [2.05, 4.69) is 4.74 Å². The van der Waals surface area contributed by atoms with Crippen LogP contribution in [0.25, 0.3) is 0 Å². The molecule has 19 heavy (non-hydrogen) atoms. The Bertz CT molecular complexity index is 443. The minimum atomic E-state index is -2.90. The summed E-state index contributed by atoms with van der Waals surface area (Å²) in [6.45, 7) is -1.14. The van der Waals surface area contributed by atoms with Gasteiger partial charge in [-0.1, -0.05) is 18.5 Å². The predicted molar refractivity (Wildman–Crippen MR) is 71.1 cm³/mol. The molecule has 0 aliphatic heterocycles. The van der Waals surface area contributed by atoms with Crippen LogP contribution in [0.15, 0.2) is 18.2 Å². The first-order valence-electron chi connectivity index (χ1n) is 5.45. The third-order valence-electron chi connectivity index (χ3n) is 2.22. The molecule has 0 aromatic heterocycles. The molecule has 0 amide bonds. The molecule has 7 heteroatoms. The third kappa shape index (κ3) is 6.11. The van der Waals surface area contributed by atoms with Gasteiger partial charge in [-0.15, -0.1) is 0 Å². The maximum Gasteiger partial charge on any atom is 0.387 e. The largest absolute Gasteiger partial charge is 0.481 e. The number of aliphatic carboxylic acids is 1. The Morgan fingerprint density at radius 3 is 2.79 bits per heavy atom. The first kappa shape index (κ1) is 16.0. The smallest absolute Gasteiger partial charge is 0.387 e. The van der Waals surface area contributed by atoms with Gasteiger partial charge < -0.3 is 9.84 Å². The van der Waals surface area contributed by atoms with Crippen molar-refractivity contribution in [2.24, 2.45) is 0 Å². The lowest BCUT2D eigenvalue weighted by atomic mass is 10.2. The van der Waals surface area contributed by atoms with E-state index in [9.17, 15) is 13.6 Å². The summed E-state index contributed by atoms with van der Waals surface area (Å²) < 4.78 is 28.9. The Hall–Kier alpha value is -1.01. The van der Waals surface area contributed by atoms with Crippen molar-refractivity contribution in [1.29, 1.82) is 0 Å². The zero-order valence-electron chi connectivity index (χ0n) is 10.1. The Morgan fingerprint density at radius 1 is 1.53 bits per heavy atom. The molecule has 0 aliphatic rings. The predicted octanol–water partition coefficient (Wildman–Crippen LogP) is 4.04.